The zero-order valence-electron chi connectivity index (χ0n) is 19.2. The summed E-state index contributed by atoms with van der Waals surface area (Å²) in [5, 5.41) is 23.5. The van der Waals surface area contributed by atoms with Crippen molar-refractivity contribution in [1.82, 2.24) is 0 Å². The second-order valence-corrected chi connectivity index (χ2v) is 7.56. The van der Waals surface area contributed by atoms with Gasteiger partial charge in [-0.05, 0) is 55.3 Å². The van der Waals surface area contributed by atoms with Gasteiger partial charge in [-0.15, -0.1) is 0 Å². The number of carbonyl (C=O) groups excluding carboxylic acids is 1. The van der Waals surface area contributed by atoms with Crippen molar-refractivity contribution in [3.63, 3.8) is 0 Å². The highest BCUT2D eigenvalue weighted by Gasteiger charge is 2.22. The van der Waals surface area contributed by atoms with Crippen LogP contribution in [0, 0.1) is 0 Å². The van der Waals surface area contributed by atoms with E-state index >= 15 is 0 Å². The van der Waals surface area contributed by atoms with E-state index in [0.717, 1.165) is 11.1 Å². The maximum Gasteiger partial charge on any atom is 0.248 e. The Balaban J connectivity index is 2.13. The van der Waals surface area contributed by atoms with E-state index in [9.17, 15) is 15.0 Å². The van der Waals surface area contributed by atoms with Crippen LogP contribution in [0.3, 0.4) is 0 Å². The van der Waals surface area contributed by atoms with Crippen molar-refractivity contribution in [2.75, 3.05) is 26.6 Å². The summed E-state index contributed by atoms with van der Waals surface area (Å²) in [5.74, 6) is 0.862. The van der Waals surface area contributed by atoms with E-state index in [1.807, 2.05) is 13.8 Å². The van der Waals surface area contributed by atoms with Gasteiger partial charge in [0, 0.05) is 11.6 Å². The second kappa shape index (κ2) is 9.99. The Morgan fingerprint density at radius 3 is 2.06 bits per heavy atom. The Hall–Kier alpha value is -4.13. The minimum atomic E-state index is -0.263. The van der Waals surface area contributed by atoms with Crippen LogP contribution in [0.1, 0.15) is 13.8 Å². The first-order valence-electron chi connectivity index (χ1n) is 10.2. The van der Waals surface area contributed by atoms with E-state index in [-0.39, 0.29) is 23.2 Å². The topological polar surface area (TPSA) is 97.2 Å². The molecule has 1 amide bonds. The number of rotatable bonds is 7. The predicted molar refractivity (Wildman–Crippen MR) is 128 cm³/mol. The summed E-state index contributed by atoms with van der Waals surface area (Å²) >= 11 is 0. The van der Waals surface area contributed by atoms with Gasteiger partial charge in [-0.2, -0.15) is 0 Å². The summed E-state index contributed by atoms with van der Waals surface area (Å²) in [6, 6.07) is 13.5. The molecule has 33 heavy (non-hydrogen) atoms. The number of carbonyl (C=O) groups is 1. The lowest BCUT2D eigenvalue weighted by Crippen LogP contribution is -2.09. The summed E-state index contributed by atoms with van der Waals surface area (Å²) in [6.07, 6.45) is 1.50. The molecule has 0 radical (unpaired) electrons. The third kappa shape index (κ3) is 5.03. The summed E-state index contributed by atoms with van der Waals surface area (Å²) in [7, 11) is 4.48. The lowest BCUT2D eigenvalue weighted by Gasteiger charge is -2.19. The van der Waals surface area contributed by atoms with Crippen LogP contribution in [-0.2, 0) is 4.79 Å². The lowest BCUT2D eigenvalue weighted by atomic mass is 9.96. The van der Waals surface area contributed by atoms with E-state index in [2.05, 4.69) is 5.32 Å². The predicted octanol–water partition coefficient (Wildman–Crippen LogP) is 5.36. The highest BCUT2D eigenvalue weighted by molar-refractivity contribution is 6.01. The van der Waals surface area contributed by atoms with Gasteiger partial charge < -0.3 is 29.7 Å². The van der Waals surface area contributed by atoms with Gasteiger partial charge in [0.05, 0.1) is 32.6 Å². The van der Waals surface area contributed by atoms with Crippen LogP contribution in [0.15, 0.2) is 60.2 Å². The molecule has 0 aliphatic carbocycles. The molecule has 172 valence electrons. The zero-order valence-corrected chi connectivity index (χ0v) is 19.2. The first kappa shape index (κ1) is 23.5. The van der Waals surface area contributed by atoms with Gasteiger partial charge in [0.15, 0.2) is 11.5 Å². The molecule has 0 heterocycles. The second-order valence-electron chi connectivity index (χ2n) is 7.56. The van der Waals surface area contributed by atoms with Gasteiger partial charge in [0.25, 0.3) is 0 Å². The fourth-order valence-corrected chi connectivity index (χ4v) is 3.51. The maximum absolute atomic E-state index is 12.1. The van der Waals surface area contributed by atoms with Gasteiger partial charge in [0.2, 0.25) is 5.91 Å². The summed E-state index contributed by atoms with van der Waals surface area (Å²) in [6.45, 7) is 3.67. The average Bonchev–Trinajstić information content (AvgIpc) is 2.78. The molecule has 7 heteroatoms. The van der Waals surface area contributed by atoms with Crippen molar-refractivity contribution in [2.45, 2.75) is 13.8 Å². The third-order valence-corrected chi connectivity index (χ3v) is 4.99. The van der Waals surface area contributed by atoms with Crippen molar-refractivity contribution < 1.29 is 29.2 Å². The Labute approximate surface area is 192 Å². The minimum Gasteiger partial charge on any atom is -0.508 e. The van der Waals surface area contributed by atoms with Crippen LogP contribution in [0.5, 0.6) is 28.7 Å². The van der Waals surface area contributed by atoms with Gasteiger partial charge in [-0.1, -0.05) is 23.8 Å². The molecule has 0 aliphatic rings. The third-order valence-electron chi connectivity index (χ3n) is 4.99. The first-order valence-corrected chi connectivity index (χ1v) is 10.2. The number of hydrogen-bond acceptors (Lipinski definition) is 6. The van der Waals surface area contributed by atoms with Crippen molar-refractivity contribution in [1.29, 1.82) is 0 Å². The number of hydrogen-bond donors (Lipinski definition) is 3. The monoisotopic (exact) mass is 449 g/mol. The fourth-order valence-electron chi connectivity index (χ4n) is 3.51. The number of aromatic hydroxyl groups is 2. The fraction of sp³-hybridized carbons (Fsp3) is 0.192. The molecule has 3 N–H and O–H groups in total. The molecule has 0 unspecified atom stereocenters. The van der Waals surface area contributed by atoms with E-state index in [4.69, 9.17) is 14.2 Å². The SMILES string of the molecule is COc1cc(-c2c(OC)cc(-c3ccc(O)cc3)c(OC)c2O)ccc1NC(=O)C=C(C)C. The minimum absolute atomic E-state index is 0.108. The number of benzene rings is 3. The lowest BCUT2D eigenvalue weighted by molar-refractivity contribution is -0.112. The standard InChI is InChI=1S/C26H27NO6/c1-15(2)12-23(29)27-20-11-8-17(13-21(20)31-3)24-22(32-4)14-19(26(33-5)25(24)30)16-6-9-18(28)10-7-16/h6-14,28,30H,1-5H3,(H,27,29). The van der Waals surface area contributed by atoms with Crippen LogP contribution in [0.4, 0.5) is 5.69 Å². The van der Waals surface area contributed by atoms with Crippen LogP contribution >= 0.6 is 0 Å². The molecule has 0 saturated carbocycles. The molecule has 3 rings (SSSR count). The van der Waals surface area contributed by atoms with Crippen molar-refractivity contribution in [3.05, 3.63) is 60.2 Å². The molecule has 0 aromatic heterocycles. The largest absolute Gasteiger partial charge is 0.508 e. The normalized spacial score (nSPS) is 10.3. The smallest absolute Gasteiger partial charge is 0.248 e. The molecular formula is C26H27NO6. The van der Waals surface area contributed by atoms with Gasteiger partial charge in [-0.25, -0.2) is 0 Å². The number of allylic oxidation sites excluding steroid dienone is 1. The number of phenolic OH excluding ortho intramolecular Hbond substituents is 2. The Kier molecular flexibility index (Phi) is 7.13. The molecular weight excluding hydrogens is 422 g/mol. The number of methoxy groups -OCH3 is 3. The van der Waals surface area contributed by atoms with Gasteiger partial charge >= 0.3 is 0 Å². The molecule has 0 atom stereocenters. The number of phenols is 2. The number of amides is 1. The van der Waals surface area contributed by atoms with Crippen molar-refractivity contribution >= 4 is 11.6 Å². The van der Waals surface area contributed by atoms with E-state index in [0.29, 0.717) is 33.9 Å². The average molecular weight is 450 g/mol. The van der Waals surface area contributed by atoms with E-state index < -0.39 is 0 Å². The van der Waals surface area contributed by atoms with Crippen LogP contribution in [0.2, 0.25) is 0 Å². The molecule has 7 nitrogen and oxygen atoms in total. The van der Waals surface area contributed by atoms with Crippen LogP contribution in [0.25, 0.3) is 22.3 Å². The first-order chi connectivity index (χ1) is 15.8. The van der Waals surface area contributed by atoms with E-state index in [1.54, 1.807) is 48.5 Å². The molecule has 0 aliphatic heterocycles. The highest BCUT2D eigenvalue weighted by atomic mass is 16.5. The molecule has 3 aromatic carbocycles. The number of ether oxygens (including phenoxy) is 3. The van der Waals surface area contributed by atoms with Gasteiger partial charge in [-0.3, -0.25) is 4.79 Å². The summed E-state index contributed by atoms with van der Waals surface area (Å²) in [4.78, 5) is 12.1. The summed E-state index contributed by atoms with van der Waals surface area (Å²) in [5.41, 5.74) is 3.73. The highest BCUT2D eigenvalue weighted by Crippen LogP contribution is 2.50. The molecule has 0 bridgehead atoms. The zero-order chi connectivity index (χ0) is 24.1. The Morgan fingerprint density at radius 1 is 0.848 bits per heavy atom. The quantitative estimate of drug-likeness (QED) is 0.420. The summed E-state index contributed by atoms with van der Waals surface area (Å²) < 4.78 is 16.6. The number of nitrogens with one attached hydrogen (secondary N) is 1. The van der Waals surface area contributed by atoms with Crippen molar-refractivity contribution in [3.8, 4) is 51.0 Å². The van der Waals surface area contributed by atoms with Gasteiger partial charge in [0.1, 0.15) is 17.2 Å². The Morgan fingerprint density at radius 2 is 1.48 bits per heavy atom. The molecule has 3 aromatic rings. The van der Waals surface area contributed by atoms with E-state index in [1.165, 1.54) is 27.4 Å². The Bertz CT molecular complexity index is 1190. The maximum atomic E-state index is 12.1. The van der Waals surface area contributed by atoms with Crippen molar-refractivity contribution in [2.24, 2.45) is 0 Å². The van der Waals surface area contributed by atoms with Crippen LogP contribution < -0.4 is 19.5 Å². The molecule has 0 saturated heterocycles. The molecule has 0 spiro atoms. The van der Waals surface area contributed by atoms with Crippen LogP contribution in [-0.4, -0.2) is 37.4 Å². The number of anilines is 1. The molecule has 0 fully saturated rings.